The van der Waals surface area contributed by atoms with Crippen LogP contribution in [0.1, 0.15) is 122 Å². The Labute approximate surface area is 211 Å². The SMILES string of the molecule is C=C(C)CCCCCCCCCCCCCCCCC(=O)N[C@@H](CCC(=O)NCC(=O)O)C(=O)O. The number of carbonyl (C=O) groups is 4. The molecule has 0 fully saturated rings. The Bertz CT molecular complexity index is 635. The topological polar surface area (TPSA) is 133 Å². The van der Waals surface area contributed by atoms with Gasteiger partial charge in [0.15, 0.2) is 0 Å². The van der Waals surface area contributed by atoms with Gasteiger partial charge in [0.05, 0.1) is 0 Å². The van der Waals surface area contributed by atoms with Gasteiger partial charge in [-0.1, -0.05) is 82.6 Å². The van der Waals surface area contributed by atoms with Crippen molar-refractivity contribution in [1.29, 1.82) is 0 Å². The van der Waals surface area contributed by atoms with Crippen LogP contribution in [0, 0.1) is 0 Å². The van der Waals surface area contributed by atoms with Gasteiger partial charge in [0.25, 0.3) is 0 Å². The number of carboxylic acids is 2. The van der Waals surface area contributed by atoms with Gasteiger partial charge in [-0.3, -0.25) is 14.4 Å². The van der Waals surface area contributed by atoms with Crippen LogP contribution in [-0.4, -0.2) is 46.6 Å². The van der Waals surface area contributed by atoms with E-state index in [9.17, 15) is 24.3 Å². The third kappa shape index (κ3) is 23.1. The van der Waals surface area contributed by atoms with Crippen LogP contribution in [0.25, 0.3) is 0 Å². The molecule has 0 aliphatic heterocycles. The van der Waals surface area contributed by atoms with Crippen LogP contribution in [0.15, 0.2) is 12.2 Å². The first-order valence-electron chi connectivity index (χ1n) is 13.4. The molecule has 0 aromatic heterocycles. The lowest BCUT2D eigenvalue weighted by atomic mass is 10.0. The van der Waals surface area contributed by atoms with E-state index in [4.69, 9.17) is 5.11 Å². The second-order valence-electron chi connectivity index (χ2n) is 9.57. The van der Waals surface area contributed by atoms with Gasteiger partial charge in [-0.2, -0.15) is 0 Å². The number of amides is 2. The molecule has 0 saturated heterocycles. The normalized spacial score (nSPS) is 11.6. The number of aliphatic carboxylic acids is 2. The van der Waals surface area contributed by atoms with Gasteiger partial charge in [-0.05, 0) is 32.6 Å². The summed E-state index contributed by atoms with van der Waals surface area (Å²) in [5.41, 5.74) is 1.29. The molecule has 4 N–H and O–H groups in total. The lowest BCUT2D eigenvalue weighted by molar-refractivity contribution is -0.142. The van der Waals surface area contributed by atoms with Gasteiger partial charge in [-0.15, -0.1) is 6.58 Å². The molecule has 0 rings (SSSR count). The van der Waals surface area contributed by atoms with Crippen molar-refractivity contribution >= 4 is 23.8 Å². The number of hydrogen-bond acceptors (Lipinski definition) is 4. The molecular weight excluding hydrogens is 448 g/mol. The van der Waals surface area contributed by atoms with E-state index in [2.05, 4.69) is 24.1 Å². The van der Waals surface area contributed by atoms with Crippen molar-refractivity contribution < 1.29 is 29.4 Å². The molecule has 0 aliphatic rings. The number of unbranched alkanes of at least 4 members (excludes halogenated alkanes) is 13. The van der Waals surface area contributed by atoms with E-state index >= 15 is 0 Å². The number of rotatable bonds is 24. The molecule has 2 amide bonds. The maximum atomic E-state index is 12.0. The van der Waals surface area contributed by atoms with E-state index in [1.165, 1.54) is 76.2 Å². The third-order valence-electron chi connectivity index (χ3n) is 5.99. The summed E-state index contributed by atoms with van der Waals surface area (Å²) in [6.07, 6.45) is 18.1. The predicted octanol–water partition coefficient (Wildman–Crippen LogP) is 5.35. The van der Waals surface area contributed by atoms with E-state index in [1.54, 1.807) is 0 Å². The van der Waals surface area contributed by atoms with E-state index in [0.717, 1.165) is 19.3 Å². The fraction of sp³-hybridized carbons (Fsp3) is 0.778. The second-order valence-corrected chi connectivity index (χ2v) is 9.57. The Morgan fingerprint density at radius 2 is 1.09 bits per heavy atom. The second kappa shape index (κ2) is 22.1. The van der Waals surface area contributed by atoms with Crippen molar-refractivity contribution in [1.82, 2.24) is 10.6 Å². The first kappa shape index (κ1) is 32.6. The average Bonchev–Trinajstić information content (AvgIpc) is 2.79. The highest BCUT2D eigenvalue weighted by molar-refractivity contribution is 5.85. The van der Waals surface area contributed by atoms with E-state index < -0.39 is 30.4 Å². The molecule has 1 atom stereocenters. The van der Waals surface area contributed by atoms with Crippen molar-refractivity contribution in [3.05, 3.63) is 12.2 Å². The van der Waals surface area contributed by atoms with E-state index in [-0.39, 0.29) is 25.2 Å². The molecular formula is C27H48N2O6. The Kier molecular flexibility index (Phi) is 20.6. The minimum Gasteiger partial charge on any atom is -0.480 e. The van der Waals surface area contributed by atoms with Crippen LogP contribution in [0.3, 0.4) is 0 Å². The molecule has 0 bridgehead atoms. The molecule has 202 valence electrons. The van der Waals surface area contributed by atoms with Gasteiger partial charge in [0.2, 0.25) is 11.8 Å². The first-order chi connectivity index (χ1) is 16.7. The molecule has 0 heterocycles. The van der Waals surface area contributed by atoms with Gasteiger partial charge in [0.1, 0.15) is 12.6 Å². The van der Waals surface area contributed by atoms with Crippen LogP contribution >= 0.6 is 0 Å². The Hall–Kier alpha value is -2.38. The quantitative estimate of drug-likeness (QED) is 0.105. The van der Waals surface area contributed by atoms with Crippen LogP contribution in [0.5, 0.6) is 0 Å². The molecule has 0 unspecified atom stereocenters. The molecule has 0 aromatic carbocycles. The minimum atomic E-state index is -1.21. The Balaban J connectivity index is 3.60. The Morgan fingerprint density at radius 3 is 1.49 bits per heavy atom. The monoisotopic (exact) mass is 496 g/mol. The minimum absolute atomic E-state index is 0.0814. The summed E-state index contributed by atoms with van der Waals surface area (Å²) in [5, 5.41) is 22.4. The standard InChI is InChI=1S/C27H48N2O6/c1-22(2)17-15-13-11-9-7-5-3-4-6-8-10-12-14-16-18-25(31)29-23(27(34)35)19-20-24(30)28-21-26(32)33/h23H,1,3-21H2,2H3,(H,28,30)(H,29,31)(H,32,33)(H,34,35)/t23-/m0/s1. The molecule has 0 saturated carbocycles. The van der Waals surface area contributed by atoms with E-state index in [0.29, 0.717) is 6.42 Å². The zero-order valence-electron chi connectivity index (χ0n) is 21.7. The molecule has 0 spiro atoms. The number of nitrogens with one attached hydrogen (secondary N) is 2. The highest BCUT2D eigenvalue weighted by Gasteiger charge is 2.20. The van der Waals surface area contributed by atoms with Crippen LogP contribution in [0.2, 0.25) is 0 Å². The number of hydrogen-bond donors (Lipinski definition) is 4. The summed E-state index contributed by atoms with van der Waals surface area (Å²) in [6.45, 7) is 5.53. The molecule has 0 aromatic rings. The zero-order valence-corrected chi connectivity index (χ0v) is 21.7. The first-order valence-corrected chi connectivity index (χ1v) is 13.4. The summed E-state index contributed by atoms with van der Waals surface area (Å²) in [6, 6.07) is -1.15. The number of allylic oxidation sites excluding steroid dienone is 1. The summed E-state index contributed by atoms with van der Waals surface area (Å²) in [7, 11) is 0. The van der Waals surface area contributed by atoms with Gasteiger partial charge in [0, 0.05) is 12.8 Å². The zero-order chi connectivity index (χ0) is 26.3. The van der Waals surface area contributed by atoms with Crippen molar-refractivity contribution in [3.8, 4) is 0 Å². The number of carboxylic acid groups (broad SMARTS) is 2. The maximum absolute atomic E-state index is 12.0. The number of carbonyl (C=O) groups excluding carboxylic acids is 2. The van der Waals surface area contributed by atoms with Crippen LogP contribution < -0.4 is 10.6 Å². The van der Waals surface area contributed by atoms with Crippen molar-refractivity contribution in [2.24, 2.45) is 0 Å². The molecule has 8 heteroatoms. The summed E-state index contributed by atoms with van der Waals surface area (Å²) in [4.78, 5) is 45.3. The van der Waals surface area contributed by atoms with Crippen LogP contribution in [0.4, 0.5) is 0 Å². The Morgan fingerprint density at radius 1 is 0.657 bits per heavy atom. The van der Waals surface area contributed by atoms with E-state index in [1.807, 2.05) is 0 Å². The summed E-state index contributed by atoms with van der Waals surface area (Å²) >= 11 is 0. The molecule has 0 radical (unpaired) electrons. The largest absolute Gasteiger partial charge is 0.480 e. The fourth-order valence-electron chi connectivity index (χ4n) is 3.90. The average molecular weight is 497 g/mol. The fourth-order valence-corrected chi connectivity index (χ4v) is 3.90. The highest BCUT2D eigenvalue weighted by Crippen LogP contribution is 2.14. The van der Waals surface area contributed by atoms with Gasteiger partial charge < -0.3 is 20.8 Å². The summed E-state index contributed by atoms with van der Waals surface area (Å²) in [5.74, 6) is -3.27. The maximum Gasteiger partial charge on any atom is 0.326 e. The van der Waals surface area contributed by atoms with Gasteiger partial charge in [-0.25, -0.2) is 4.79 Å². The predicted molar refractivity (Wildman–Crippen MR) is 138 cm³/mol. The van der Waals surface area contributed by atoms with Crippen molar-refractivity contribution in [2.45, 2.75) is 129 Å². The van der Waals surface area contributed by atoms with Gasteiger partial charge >= 0.3 is 11.9 Å². The van der Waals surface area contributed by atoms with Crippen LogP contribution in [-0.2, 0) is 19.2 Å². The smallest absolute Gasteiger partial charge is 0.326 e. The molecule has 8 nitrogen and oxygen atoms in total. The molecule has 0 aliphatic carbocycles. The lowest BCUT2D eigenvalue weighted by Gasteiger charge is -2.14. The van der Waals surface area contributed by atoms with Crippen molar-refractivity contribution in [3.63, 3.8) is 0 Å². The highest BCUT2D eigenvalue weighted by atomic mass is 16.4. The summed E-state index contributed by atoms with van der Waals surface area (Å²) < 4.78 is 0. The molecule has 35 heavy (non-hydrogen) atoms. The van der Waals surface area contributed by atoms with Crippen molar-refractivity contribution in [2.75, 3.05) is 6.54 Å². The third-order valence-corrected chi connectivity index (χ3v) is 5.99. The lowest BCUT2D eigenvalue weighted by Crippen LogP contribution is -2.41.